The predicted octanol–water partition coefficient (Wildman–Crippen LogP) is 2.87. The van der Waals surface area contributed by atoms with Crippen LogP contribution in [0.3, 0.4) is 0 Å². The Balaban J connectivity index is 2.14. The summed E-state index contributed by atoms with van der Waals surface area (Å²) in [5.41, 5.74) is 1.34. The first-order valence-electron chi connectivity index (χ1n) is 8.77. The average Bonchev–Trinajstić information content (AvgIpc) is 2.59. The second-order valence-electron chi connectivity index (χ2n) is 7.44. The minimum Gasteiger partial charge on any atom is -0.351 e. The molecule has 0 bridgehead atoms. The van der Waals surface area contributed by atoms with E-state index in [1.807, 2.05) is 20.8 Å². The number of halogens is 1. The van der Waals surface area contributed by atoms with E-state index in [-0.39, 0.29) is 48.4 Å². The van der Waals surface area contributed by atoms with Crippen molar-refractivity contribution in [2.45, 2.75) is 46.2 Å². The molecule has 0 spiro atoms. The van der Waals surface area contributed by atoms with E-state index in [0.717, 1.165) is 5.56 Å². The van der Waals surface area contributed by atoms with Crippen LogP contribution in [-0.4, -0.2) is 38.8 Å². The highest BCUT2D eigenvalue weighted by molar-refractivity contribution is 5.92. The van der Waals surface area contributed by atoms with Gasteiger partial charge in [0.2, 0.25) is 5.91 Å². The van der Waals surface area contributed by atoms with Gasteiger partial charge in [-0.05, 0) is 45.4 Å². The third kappa shape index (κ3) is 6.77. The SMILES string of the molecule is Cc1cnc(C(=O)N(CCC(=O)NC(C)(C)C)Cc2ccc(F)cc2)cn1. The summed E-state index contributed by atoms with van der Waals surface area (Å²) in [4.78, 5) is 34.7. The smallest absolute Gasteiger partial charge is 0.274 e. The van der Waals surface area contributed by atoms with Crippen molar-refractivity contribution >= 4 is 11.8 Å². The molecule has 27 heavy (non-hydrogen) atoms. The van der Waals surface area contributed by atoms with Gasteiger partial charge in [0.05, 0.1) is 11.9 Å². The summed E-state index contributed by atoms with van der Waals surface area (Å²) in [7, 11) is 0. The Labute approximate surface area is 158 Å². The molecule has 0 fully saturated rings. The zero-order valence-electron chi connectivity index (χ0n) is 16.1. The molecule has 7 heteroatoms. The highest BCUT2D eigenvalue weighted by atomic mass is 19.1. The van der Waals surface area contributed by atoms with Gasteiger partial charge in [0.1, 0.15) is 11.5 Å². The van der Waals surface area contributed by atoms with E-state index >= 15 is 0 Å². The Morgan fingerprint density at radius 3 is 2.33 bits per heavy atom. The largest absolute Gasteiger partial charge is 0.351 e. The van der Waals surface area contributed by atoms with Gasteiger partial charge in [0, 0.05) is 31.2 Å². The van der Waals surface area contributed by atoms with Crippen LogP contribution in [0, 0.1) is 12.7 Å². The van der Waals surface area contributed by atoms with E-state index in [1.54, 1.807) is 19.1 Å². The first-order valence-corrected chi connectivity index (χ1v) is 8.77. The number of aryl methyl sites for hydroxylation is 1. The van der Waals surface area contributed by atoms with Crippen molar-refractivity contribution in [2.75, 3.05) is 6.54 Å². The lowest BCUT2D eigenvalue weighted by molar-refractivity contribution is -0.122. The summed E-state index contributed by atoms with van der Waals surface area (Å²) in [5, 5.41) is 2.88. The van der Waals surface area contributed by atoms with Crippen molar-refractivity contribution in [2.24, 2.45) is 0 Å². The number of hydrogen-bond acceptors (Lipinski definition) is 4. The Morgan fingerprint density at radius 2 is 1.78 bits per heavy atom. The average molecular weight is 372 g/mol. The van der Waals surface area contributed by atoms with Crippen LogP contribution in [0.25, 0.3) is 0 Å². The number of hydrogen-bond donors (Lipinski definition) is 1. The normalized spacial score (nSPS) is 11.1. The Kier molecular flexibility index (Phi) is 6.60. The van der Waals surface area contributed by atoms with Gasteiger partial charge in [0.25, 0.3) is 5.91 Å². The van der Waals surface area contributed by atoms with Crippen LogP contribution in [0.5, 0.6) is 0 Å². The standard InChI is InChI=1S/C20H25FN4O2/c1-14-11-23-17(12-22-14)19(27)25(10-9-18(26)24-20(2,3)4)13-15-5-7-16(21)8-6-15/h5-8,11-12H,9-10,13H2,1-4H3,(H,24,26). The lowest BCUT2D eigenvalue weighted by Gasteiger charge is -2.24. The topological polar surface area (TPSA) is 75.2 Å². The van der Waals surface area contributed by atoms with Crippen molar-refractivity contribution in [1.29, 1.82) is 0 Å². The van der Waals surface area contributed by atoms with Crippen molar-refractivity contribution in [3.63, 3.8) is 0 Å². The van der Waals surface area contributed by atoms with Crippen LogP contribution in [0.2, 0.25) is 0 Å². The van der Waals surface area contributed by atoms with E-state index < -0.39 is 0 Å². The number of carbonyl (C=O) groups is 2. The van der Waals surface area contributed by atoms with Gasteiger partial charge < -0.3 is 10.2 Å². The van der Waals surface area contributed by atoms with Gasteiger partial charge in [0.15, 0.2) is 0 Å². The minimum atomic E-state index is -0.342. The highest BCUT2D eigenvalue weighted by Gasteiger charge is 2.20. The minimum absolute atomic E-state index is 0.144. The molecule has 0 atom stereocenters. The Morgan fingerprint density at radius 1 is 1.11 bits per heavy atom. The summed E-state index contributed by atoms with van der Waals surface area (Å²) in [6.07, 6.45) is 3.10. The molecule has 1 N–H and O–H groups in total. The molecule has 2 amide bonds. The Hall–Kier alpha value is -2.83. The summed E-state index contributed by atoms with van der Waals surface area (Å²) < 4.78 is 13.1. The molecule has 0 radical (unpaired) electrons. The van der Waals surface area contributed by atoms with E-state index in [9.17, 15) is 14.0 Å². The molecule has 1 heterocycles. The fourth-order valence-electron chi connectivity index (χ4n) is 2.44. The van der Waals surface area contributed by atoms with Gasteiger partial charge in [-0.25, -0.2) is 9.37 Å². The molecule has 2 rings (SSSR count). The zero-order valence-corrected chi connectivity index (χ0v) is 16.1. The number of amides is 2. The van der Waals surface area contributed by atoms with Gasteiger partial charge in [-0.2, -0.15) is 0 Å². The second-order valence-corrected chi connectivity index (χ2v) is 7.44. The predicted molar refractivity (Wildman–Crippen MR) is 100 cm³/mol. The van der Waals surface area contributed by atoms with Gasteiger partial charge in [-0.1, -0.05) is 12.1 Å². The van der Waals surface area contributed by atoms with Crippen molar-refractivity contribution in [1.82, 2.24) is 20.2 Å². The van der Waals surface area contributed by atoms with Crippen LogP contribution >= 0.6 is 0 Å². The van der Waals surface area contributed by atoms with Crippen LogP contribution in [0.1, 0.15) is 48.9 Å². The summed E-state index contributed by atoms with van der Waals surface area (Å²) in [6, 6.07) is 5.92. The van der Waals surface area contributed by atoms with Crippen LogP contribution in [-0.2, 0) is 11.3 Å². The first kappa shape index (κ1) is 20.5. The number of aromatic nitrogens is 2. The number of nitrogens with one attached hydrogen (secondary N) is 1. The molecule has 0 aliphatic heterocycles. The van der Waals surface area contributed by atoms with E-state index in [1.165, 1.54) is 29.4 Å². The maximum Gasteiger partial charge on any atom is 0.274 e. The van der Waals surface area contributed by atoms with Gasteiger partial charge in [-0.15, -0.1) is 0 Å². The highest BCUT2D eigenvalue weighted by Crippen LogP contribution is 2.11. The molecule has 144 valence electrons. The Bertz CT molecular complexity index is 783. The van der Waals surface area contributed by atoms with Gasteiger partial charge in [-0.3, -0.25) is 14.6 Å². The molecular formula is C20H25FN4O2. The number of nitrogens with zero attached hydrogens (tertiary/aromatic N) is 3. The third-order valence-electron chi connectivity index (χ3n) is 3.70. The summed E-state index contributed by atoms with van der Waals surface area (Å²) in [5.74, 6) is -0.810. The molecule has 0 unspecified atom stereocenters. The van der Waals surface area contributed by atoms with E-state index in [0.29, 0.717) is 5.69 Å². The van der Waals surface area contributed by atoms with Crippen molar-refractivity contribution in [3.8, 4) is 0 Å². The van der Waals surface area contributed by atoms with Crippen LogP contribution < -0.4 is 5.32 Å². The molecule has 1 aromatic heterocycles. The molecule has 0 aliphatic rings. The maximum atomic E-state index is 13.1. The molecular weight excluding hydrogens is 347 g/mol. The van der Waals surface area contributed by atoms with E-state index in [2.05, 4.69) is 15.3 Å². The molecule has 0 saturated heterocycles. The number of benzene rings is 1. The number of rotatable bonds is 6. The monoisotopic (exact) mass is 372 g/mol. The van der Waals surface area contributed by atoms with E-state index in [4.69, 9.17) is 0 Å². The van der Waals surface area contributed by atoms with Crippen LogP contribution in [0.15, 0.2) is 36.7 Å². The molecule has 2 aromatic rings. The summed E-state index contributed by atoms with van der Waals surface area (Å²) >= 11 is 0. The maximum absolute atomic E-state index is 13.1. The first-order chi connectivity index (χ1) is 12.6. The zero-order chi connectivity index (χ0) is 20.0. The molecule has 0 saturated carbocycles. The second kappa shape index (κ2) is 8.70. The lowest BCUT2D eigenvalue weighted by atomic mass is 10.1. The van der Waals surface area contributed by atoms with Crippen molar-refractivity contribution in [3.05, 3.63) is 59.4 Å². The molecule has 6 nitrogen and oxygen atoms in total. The molecule has 1 aromatic carbocycles. The number of carbonyl (C=O) groups excluding carboxylic acids is 2. The van der Waals surface area contributed by atoms with Crippen LogP contribution in [0.4, 0.5) is 4.39 Å². The fourth-order valence-corrected chi connectivity index (χ4v) is 2.44. The molecule has 0 aliphatic carbocycles. The quantitative estimate of drug-likeness (QED) is 0.846. The van der Waals surface area contributed by atoms with Gasteiger partial charge >= 0.3 is 0 Å². The van der Waals surface area contributed by atoms with Crippen molar-refractivity contribution < 1.29 is 14.0 Å². The lowest BCUT2D eigenvalue weighted by Crippen LogP contribution is -2.42. The third-order valence-corrected chi connectivity index (χ3v) is 3.70. The summed E-state index contributed by atoms with van der Waals surface area (Å²) in [6.45, 7) is 7.94. The fraction of sp³-hybridized carbons (Fsp3) is 0.400.